The third-order valence-electron chi connectivity index (χ3n) is 3.58. The van der Waals surface area contributed by atoms with Crippen molar-refractivity contribution < 1.29 is 18.3 Å². The summed E-state index contributed by atoms with van der Waals surface area (Å²) in [6.45, 7) is 1.87. The number of rotatable bonds is 3. The van der Waals surface area contributed by atoms with Crippen LogP contribution < -0.4 is 0 Å². The summed E-state index contributed by atoms with van der Waals surface area (Å²) in [5.74, 6) is 0.187. The molecule has 0 bridgehead atoms. The third kappa shape index (κ3) is 3.70. The lowest BCUT2D eigenvalue weighted by Crippen LogP contribution is -2.36. The van der Waals surface area contributed by atoms with Crippen LogP contribution in [0, 0.1) is 5.92 Å². The molecular formula is C14H18F3NO. The smallest absolute Gasteiger partial charge is 0.396 e. The Kier molecular flexibility index (Phi) is 4.47. The molecule has 0 aromatic heterocycles. The average molecular weight is 273 g/mol. The molecule has 1 aromatic carbocycles. The van der Waals surface area contributed by atoms with Gasteiger partial charge >= 0.3 is 6.18 Å². The zero-order chi connectivity index (χ0) is 13.9. The van der Waals surface area contributed by atoms with Gasteiger partial charge in [0.2, 0.25) is 0 Å². The van der Waals surface area contributed by atoms with Crippen molar-refractivity contribution in [3.63, 3.8) is 0 Å². The average Bonchev–Trinajstić information content (AvgIpc) is 2.38. The lowest BCUT2D eigenvalue weighted by atomic mass is 9.98. The summed E-state index contributed by atoms with van der Waals surface area (Å²) in [4.78, 5) is 2.00. The van der Waals surface area contributed by atoms with Gasteiger partial charge in [0.25, 0.3) is 0 Å². The molecule has 1 atom stereocenters. The zero-order valence-corrected chi connectivity index (χ0v) is 10.7. The molecule has 1 N–H and O–H groups in total. The molecule has 19 heavy (non-hydrogen) atoms. The highest BCUT2D eigenvalue weighted by Crippen LogP contribution is 2.32. The van der Waals surface area contributed by atoms with E-state index in [0.717, 1.165) is 25.5 Å². The van der Waals surface area contributed by atoms with E-state index in [1.165, 1.54) is 12.1 Å². The first-order chi connectivity index (χ1) is 9.00. The molecule has 1 aromatic rings. The zero-order valence-electron chi connectivity index (χ0n) is 10.7. The fraction of sp³-hybridized carbons (Fsp3) is 0.571. The van der Waals surface area contributed by atoms with E-state index in [9.17, 15) is 13.2 Å². The summed E-state index contributed by atoms with van der Waals surface area (Å²) in [6.07, 6.45) is -2.42. The molecule has 1 saturated heterocycles. The van der Waals surface area contributed by atoms with E-state index >= 15 is 0 Å². The van der Waals surface area contributed by atoms with E-state index in [4.69, 9.17) is 5.11 Å². The van der Waals surface area contributed by atoms with Crippen LogP contribution in [0.2, 0.25) is 0 Å². The van der Waals surface area contributed by atoms with E-state index < -0.39 is 11.7 Å². The maximum Gasteiger partial charge on any atom is 0.416 e. The number of aliphatic hydroxyl groups is 1. The number of hydrogen-bond acceptors (Lipinski definition) is 2. The van der Waals surface area contributed by atoms with Crippen LogP contribution in [0.4, 0.5) is 13.2 Å². The van der Waals surface area contributed by atoms with Crippen molar-refractivity contribution in [3.8, 4) is 0 Å². The van der Waals surface area contributed by atoms with Gasteiger partial charge in [0.1, 0.15) is 0 Å². The molecule has 5 heteroatoms. The van der Waals surface area contributed by atoms with Gasteiger partial charge in [0.15, 0.2) is 0 Å². The lowest BCUT2D eigenvalue weighted by Gasteiger charge is -2.32. The fourth-order valence-electron chi connectivity index (χ4n) is 2.62. The Bertz CT molecular complexity index is 419. The SMILES string of the molecule is OCC1CCCN(Cc2ccccc2C(F)(F)F)C1. The molecule has 0 saturated carbocycles. The van der Waals surface area contributed by atoms with E-state index in [1.54, 1.807) is 6.07 Å². The van der Waals surface area contributed by atoms with Crippen molar-refractivity contribution in [2.24, 2.45) is 5.92 Å². The number of halogens is 3. The molecule has 1 fully saturated rings. The minimum Gasteiger partial charge on any atom is -0.396 e. The highest BCUT2D eigenvalue weighted by molar-refractivity contribution is 5.29. The second-order valence-corrected chi connectivity index (χ2v) is 5.08. The summed E-state index contributed by atoms with van der Waals surface area (Å²) in [7, 11) is 0. The number of aliphatic hydroxyl groups excluding tert-OH is 1. The number of alkyl halides is 3. The quantitative estimate of drug-likeness (QED) is 0.915. The first-order valence-corrected chi connectivity index (χ1v) is 6.49. The molecule has 0 radical (unpaired) electrons. The number of likely N-dealkylation sites (tertiary alicyclic amines) is 1. The molecule has 2 nitrogen and oxygen atoms in total. The molecule has 1 heterocycles. The minimum absolute atomic E-state index is 0.109. The van der Waals surface area contributed by atoms with E-state index in [2.05, 4.69) is 0 Å². The predicted molar refractivity (Wildman–Crippen MR) is 66.5 cm³/mol. The molecule has 1 unspecified atom stereocenters. The summed E-state index contributed by atoms with van der Waals surface area (Å²) < 4.78 is 38.7. The van der Waals surface area contributed by atoms with Crippen LogP contribution in [-0.4, -0.2) is 29.7 Å². The van der Waals surface area contributed by atoms with Crippen molar-refractivity contribution >= 4 is 0 Å². The molecule has 0 spiro atoms. The second kappa shape index (κ2) is 5.92. The van der Waals surface area contributed by atoms with E-state index in [1.807, 2.05) is 4.90 Å². The van der Waals surface area contributed by atoms with Crippen LogP contribution in [-0.2, 0) is 12.7 Å². The van der Waals surface area contributed by atoms with Gasteiger partial charge < -0.3 is 5.11 Å². The Morgan fingerprint density at radius 2 is 2.00 bits per heavy atom. The van der Waals surface area contributed by atoms with Crippen molar-refractivity contribution in [1.82, 2.24) is 4.90 Å². The van der Waals surface area contributed by atoms with Gasteiger partial charge in [-0.1, -0.05) is 18.2 Å². The lowest BCUT2D eigenvalue weighted by molar-refractivity contribution is -0.138. The Hall–Kier alpha value is -1.07. The summed E-state index contributed by atoms with van der Waals surface area (Å²) >= 11 is 0. The van der Waals surface area contributed by atoms with Crippen molar-refractivity contribution in [3.05, 3.63) is 35.4 Å². The first-order valence-electron chi connectivity index (χ1n) is 6.49. The molecular weight excluding hydrogens is 255 g/mol. The van der Waals surface area contributed by atoms with E-state index in [0.29, 0.717) is 18.7 Å². The Morgan fingerprint density at radius 1 is 1.26 bits per heavy atom. The Balaban J connectivity index is 2.11. The molecule has 0 amide bonds. The van der Waals surface area contributed by atoms with Crippen LogP contribution in [0.15, 0.2) is 24.3 Å². The Labute approximate surface area is 110 Å². The monoisotopic (exact) mass is 273 g/mol. The van der Waals surface area contributed by atoms with Crippen molar-refractivity contribution in [2.45, 2.75) is 25.6 Å². The van der Waals surface area contributed by atoms with E-state index in [-0.39, 0.29) is 12.5 Å². The summed E-state index contributed by atoms with van der Waals surface area (Å²) in [6, 6.07) is 5.71. The van der Waals surface area contributed by atoms with Crippen LogP contribution in [0.3, 0.4) is 0 Å². The minimum atomic E-state index is -4.30. The van der Waals surface area contributed by atoms with Crippen molar-refractivity contribution in [1.29, 1.82) is 0 Å². The van der Waals surface area contributed by atoms with Gasteiger partial charge in [-0.25, -0.2) is 0 Å². The highest BCUT2D eigenvalue weighted by Gasteiger charge is 2.33. The van der Waals surface area contributed by atoms with Crippen molar-refractivity contribution in [2.75, 3.05) is 19.7 Å². The van der Waals surface area contributed by atoms with Gasteiger partial charge in [-0.2, -0.15) is 13.2 Å². The van der Waals surface area contributed by atoms with Crippen LogP contribution in [0.1, 0.15) is 24.0 Å². The number of nitrogens with zero attached hydrogens (tertiary/aromatic N) is 1. The molecule has 2 rings (SSSR count). The molecule has 106 valence electrons. The maximum atomic E-state index is 12.9. The molecule has 1 aliphatic rings. The summed E-state index contributed by atoms with van der Waals surface area (Å²) in [5, 5.41) is 9.15. The Morgan fingerprint density at radius 3 is 2.68 bits per heavy atom. The van der Waals surface area contributed by atoms with Crippen LogP contribution in [0.25, 0.3) is 0 Å². The first kappa shape index (κ1) is 14.3. The van der Waals surface area contributed by atoms with Crippen LogP contribution >= 0.6 is 0 Å². The maximum absolute atomic E-state index is 12.9. The summed E-state index contributed by atoms with van der Waals surface area (Å²) in [5.41, 5.74) is -0.241. The highest BCUT2D eigenvalue weighted by atomic mass is 19.4. The largest absolute Gasteiger partial charge is 0.416 e. The fourth-order valence-corrected chi connectivity index (χ4v) is 2.62. The number of benzene rings is 1. The van der Waals surface area contributed by atoms with Gasteiger partial charge in [-0.3, -0.25) is 4.90 Å². The third-order valence-corrected chi connectivity index (χ3v) is 3.58. The van der Waals surface area contributed by atoms with Crippen LogP contribution in [0.5, 0.6) is 0 Å². The van der Waals surface area contributed by atoms with Gasteiger partial charge in [-0.15, -0.1) is 0 Å². The number of piperidine rings is 1. The predicted octanol–water partition coefficient (Wildman–Crippen LogP) is 2.91. The standard InChI is InChI=1S/C14H18F3NO/c15-14(16,17)13-6-2-1-5-12(13)9-18-7-3-4-11(8-18)10-19/h1-2,5-6,11,19H,3-4,7-10H2. The second-order valence-electron chi connectivity index (χ2n) is 5.08. The number of hydrogen-bond donors (Lipinski definition) is 1. The normalized spacial score (nSPS) is 21.6. The van der Waals surface area contributed by atoms with Gasteiger partial charge in [0, 0.05) is 19.7 Å². The van der Waals surface area contributed by atoms with Gasteiger partial charge in [-0.05, 0) is 36.9 Å². The molecule has 0 aliphatic carbocycles. The van der Waals surface area contributed by atoms with Gasteiger partial charge in [0.05, 0.1) is 5.56 Å². The molecule has 1 aliphatic heterocycles. The topological polar surface area (TPSA) is 23.5 Å².